The molecule has 1 unspecified atom stereocenters. The molecule has 0 fully saturated rings. The first kappa shape index (κ1) is 27.9. The summed E-state index contributed by atoms with van der Waals surface area (Å²) in [5.74, 6) is -0.0419. The number of sulfone groups is 1. The summed E-state index contributed by atoms with van der Waals surface area (Å²) in [6.07, 6.45) is 1.47. The van der Waals surface area contributed by atoms with E-state index in [4.69, 9.17) is 10.5 Å². The number of ether oxygens (including phenoxy) is 1. The number of pyridine rings is 1. The van der Waals surface area contributed by atoms with Crippen LogP contribution in [0.15, 0.2) is 71.8 Å². The largest absolute Gasteiger partial charge is 0.449 e. The Bertz CT molecular complexity index is 1760. The Morgan fingerprint density at radius 2 is 1.88 bits per heavy atom. The topological polar surface area (TPSA) is 153 Å². The van der Waals surface area contributed by atoms with Gasteiger partial charge in [0, 0.05) is 35.9 Å². The zero-order valence-electron chi connectivity index (χ0n) is 22.7. The van der Waals surface area contributed by atoms with Gasteiger partial charge in [0.2, 0.25) is 5.91 Å². The molecule has 3 heterocycles. The van der Waals surface area contributed by atoms with Gasteiger partial charge in [-0.15, -0.1) is 0 Å². The van der Waals surface area contributed by atoms with E-state index >= 15 is 0 Å². The van der Waals surface area contributed by atoms with Gasteiger partial charge in [-0.25, -0.2) is 18.2 Å². The number of nitrogen functional groups attached to an aromatic ring is 1. The summed E-state index contributed by atoms with van der Waals surface area (Å²) in [6, 6.07) is 16.8. The Balaban J connectivity index is 1.54. The molecule has 212 valence electrons. The van der Waals surface area contributed by atoms with Crippen LogP contribution < -0.4 is 21.7 Å². The number of nitrogens with zero attached hydrogens (tertiary/aromatic N) is 1. The molecule has 5 N–H and O–H groups in total. The maximum absolute atomic E-state index is 13.8. The predicted octanol–water partition coefficient (Wildman–Crippen LogP) is 4.49. The van der Waals surface area contributed by atoms with Gasteiger partial charge in [0.1, 0.15) is 11.9 Å². The summed E-state index contributed by atoms with van der Waals surface area (Å²) >= 11 is 0. The van der Waals surface area contributed by atoms with Crippen molar-refractivity contribution >= 4 is 49.8 Å². The average molecular weight is 574 g/mol. The zero-order chi connectivity index (χ0) is 29.1. The van der Waals surface area contributed by atoms with Crippen LogP contribution in [0.3, 0.4) is 0 Å². The fourth-order valence-electron chi connectivity index (χ4n) is 4.88. The highest BCUT2D eigenvalue weighted by Crippen LogP contribution is 2.28. The van der Waals surface area contributed by atoms with Crippen molar-refractivity contribution in [1.29, 1.82) is 0 Å². The van der Waals surface area contributed by atoms with Crippen molar-refractivity contribution in [2.24, 2.45) is 0 Å². The lowest BCUT2D eigenvalue weighted by molar-refractivity contribution is -0.122. The standard InChI is InChI=1S/C30H31N5O5S/c1-3-41(38,39)26-9-7-24-16-22(26)17-33-29(36)27(34-23-6-8-25-20(15-23)10-12-32-28(25)31)21-5-4-19(18(2)14-21)11-13-40-30(37)35-24/h4-10,12,14-16,27,34H,3,11,13,17H2,1-2H3,(H2,31,32)(H,33,36)(H,35,37). The summed E-state index contributed by atoms with van der Waals surface area (Å²) in [5.41, 5.74) is 10.1. The highest BCUT2D eigenvalue weighted by atomic mass is 32.2. The Kier molecular flexibility index (Phi) is 7.80. The van der Waals surface area contributed by atoms with Gasteiger partial charge in [-0.2, -0.15) is 0 Å². The number of aromatic nitrogens is 1. The van der Waals surface area contributed by atoms with Gasteiger partial charge >= 0.3 is 6.09 Å². The van der Waals surface area contributed by atoms with Gasteiger partial charge in [-0.05, 0) is 77.0 Å². The molecule has 0 radical (unpaired) electrons. The van der Waals surface area contributed by atoms with Gasteiger partial charge in [-0.1, -0.05) is 25.1 Å². The summed E-state index contributed by atoms with van der Waals surface area (Å²) in [4.78, 5) is 30.4. The van der Waals surface area contributed by atoms with Crippen molar-refractivity contribution in [3.63, 3.8) is 0 Å². The molecule has 11 heteroatoms. The van der Waals surface area contributed by atoms with E-state index in [0.717, 1.165) is 27.5 Å². The number of nitrogens with one attached hydrogen (secondary N) is 3. The Morgan fingerprint density at radius 1 is 1.05 bits per heavy atom. The van der Waals surface area contributed by atoms with Crippen molar-refractivity contribution in [2.45, 2.75) is 37.8 Å². The highest BCUT2D eigenvalue weighted by molar-refractivity contribution is 7.91. The van der Waals surface area contributed by atoms with Gasteiger partial charge in [-0.3, -0.25) is 10.1 Å². The summed E-state index contributed by atoms with van der Waals surface area (Å²) in [6.45, 7) is 3.57. The van der Waals surface area contributed by atoms with E-state index in [-0.39, 0.29) is 29.7 Å². The molecule has 1 atom stereocenters. The van der Waals surface area contributed by atoms with Crippen LogP contribution in [0.4, 0.5) is 22.0 Å². The number of carbonyl (C=O) groups is 2. The third kappa shape index (κ3) is 6.09. The minimum atomic E-state index is -3.60. The Morgan fingerprint density at radius 3 is 2.66 bits per heavy atom. The van der Waals surface area contributed by atoms with E-state index in [0.29, 0.717) is 29.2 Å². The molecular formula is C30H31N5O5S. The van der Waals surface area contributed by atoms with E-state index in [9.17, 15) is 18.0 Å². The second-order valence-electron chi connectivity index (χ2n) is 9.85. The van der Waals surface area contributed by atoms with Crippen LogP contribution in [0.1, 0.15) is 35.2 Å². The molecule has 6 rings (SSSR count). The van der Waals surface area contributed by atoms with Crippen molar-refractivity contribution in [3.05, 3.63) is 89.1 Å². The van der Waals surface area contributed by atoms with E-state index in [1.54, 1.807) is 13.1 Å². The van der Waals surface area contributed by atoms with E-state index < -0.39 is 22.0 Å². The van der Waals surface area contributed by atoms with Crippen molar-refractivity contribution in [3.8, 4) is 0 Å². The lowest BCUT2D eigenvalue weighted by Crippen LogP contribution is -2.33. The van der Waals surface area contributed by atoms with Crippen molar-refractivity contribution < 1.29 is 22.7 Å². The Hall–Kier alpha value is -4.64. The fraction of sp³-hybridized carbons (Fsp3) is 0.233. The van der Waals surface area contributed by atoms with Gasteiger partial charge in [0.25, 0.3) is 0 Å². The van der Waals surface area contributed by atoms with Crippen LogP contribution in [0, 0.1) is 6.92 Å². The number of anilines is 3. The number of fused-ring (bicyclic) bond motifs is 10. The molecule has 3 aromatic carbocycles. The lowest BCUT2D eigenvalue weighted by Gasteiger charge is -2.22. The summed E-state index contributed by atoms with van der Waals surface area (Å²) in [5, 5.41) is 10.6. The number of rotatable bonds is 4. The van der Waals surface area contributed by atoms with Crippen LogP contribution in [-0.4, -0.2) is 37.8 Å². The second-order valence-corrected chi connectivity index (χ2v) is 12.1. The molecule has 2 aliphatic heterocycles. The maximum atomic E-state index is 13.8. The minimum Gasteiger partial charge on any atom is -0.449 e. The number of nitrogens with two attached hydrogens (primary N) is 1. The predicted molar refractivity (Wildman–Crippen MR) is 158 cm³/mol. The molecule has 0 saturated heterocycles. The van der Waals surface area contributed by atoms with Crippen molar-refractivity contribution in [1.82, 2.24) is 10.3 Å². The Labute approximate surface area is 238 Å². The van der Waals surface area contributed by atoms with Gasteiger partial charge in [0.15, 0.2) is 9.84 Å². The molecule has 2 aliphatic rings. The molecule has 4 bridgehead atoms. The lowest BCUT2D eigenvalue weighted by atomic mass is 9.97. The fourth-order valence-corrected chi connectivity index (χ4v) is 6.00. The number of amides is 2. The monoisotopic (exact) mass is 573 g/mol. The number of hydrogen-bond acceptors (Lipinski definition) is 8. The van der Waals surface area contributed by atoms with E-state index in [2.05, 4.69) is 20.9 Å². The molecular weight excluding hydrogens is 542 g/mol. The SMILES string of the molecule is CCS(=O)(=O)c1ccc2cc1CNC(=O)C(Nc1ccc3c(N)nccc3c1)c1ccc(c(C)c1)CCOC(=O)N2. The van der Waals surface area contributed by atoms with Crippen LogP contribution in [0.5, 0.6) is 0 Å². The zero-order valence-corrected chi connectivity index (χ0v) is 23.5. The molecule has 0 aliphatic carbocycles. The average Bonchev–Trinajstić information content (AvgIpc) is 2.95. The molecule has 10 nitrogen and oxygen atoms in total. The normalized spacial score (nSPS) is 16.1. The first-order valence-corrected chi connectivity index (χ1v) is 14.9. The van der Waals surface area contributed by atoms with Crippen LogP contribution >= 0.6 is 0 Å². The van der Waals surface area contributed by atoms with E-state index in [1.165, 1.54) is 18.2 Å². The number of benzene rings is 3. The number of carbonyl (C=O) groups excluding carboxylic acids is 2. The molecule has 2 amide bonds. The molecule has 0 spiro atoms. The van der Waals surface area contributed by atoms with E-state index in [1.807, 2.05) is 49.4 Å². The number of aryl methyl sites for hydroxylation is 1. The second kappa shape index (κ2) is 11.5. The smallest absolute Gasteiger partial charge is 0.411 e. The van der Waals surface area contributed by atoms with Crippen LogP contribution in [-0.2, 0) is 32.3 Å². The molecule has 0 saturated carbocycles. The first-order valence-electron chi connectivity index (χ1n) is 13.2. The maximum Gasteiger partial charge on any atom is 0.411 e. The van der Waals surface area contributed by atoms with Gasteiger partial charge in [0.05, 0.1) is 17.3 Å². The molecule has 1 aromatic heterocycles. The van der Waals surface area contributed by atoms with Crippen molar-refractivity contribution in [2.75, 3.05) is 28.7 Å². The number of hydrogen-bond donors (Lipinski definition) is 4. The molecule has 41 heavy (non-hydrogen) atoms. The third-order valence-electron chi connectivity index (χ3n) is 7.15. The van der Waals surface area contributed by atoms with Crippen LogP contribution in [0.2, 0.25) is 0 Å². The quantitative estimate of drug-likeness (QED) is 0.279. The first-order chi connectivity index (χ1) is 19.6. The summed E-state index contributed by atoms with van der Waals surface area (Å²) in [7, 11) is -3.60. The highest BCUT2D eigenvalue weighted by Gasteiger charge is 2.24. The molecule has 4 aromatic rings. The van der Waals surface area contributed by atoms with Crippen LogP contribution in [0.25, 0.3) is 10.8 Å². The summed E-state index contributed by atoms with van der Waals surface area (Å²) < 4.78 is 31.0. The minimum absolute atomic E-state index is 0.0763. The third-order valence-corrected chi connectivity index (χ3v) is 8.98. The van der Waals surface area contributed by atoms with Gasteiger partial charge < -0.3 is 21.1 Å².